The van der Waals surface area contributed by atoms with Crippen molar-refractivity contribution in [1.82, 2.24) is 9.80 Å². The molecule has 5 heteroatoms. The number of likely N-dealkylation sites (N-methyl/N-ethyl adjacent to an activating group) is 1. The number of piperidine rings is 2. The SMILES string of the molecule is Cc1cc(C(=O)N2CCC[C@]3(CCCC(=O)N3C)C2)c(C)o1. The number of aryl methyl sites for hydroxylation is 2. The fourth-order valence-electron chi connectivity index (χ4n) is 3.95. The van der Waals surface area contributed by atoms with Gasteiger partial charge in [-0.1, -0.05) is 0 Å². The lowest BCUT2D eigenvalue weighted by Gasteiger charge is -2.50. The van der Waals surface area contributed by atoms with Gasteiger partial charge in [0.25, 0.3) is 5.91 Å². The van der Waals surface area contributed by atoms with Gasteiger partial charge < -0.3 is 14.2 Å². The maximum atomic E-state index is 12.8. The minimum absolute atomic E-state index is 0.0276. The Kier molecular flexibility index (Phi) is 3.75. The van der Waals surface area contributed by atoms with Gasteiger partial charge >= 0.3 is 0 Å². The lowest BCUT2D eigenvalue weighted by molar-refractivity contribution is -0.142. The Labute approximate surface area is 131 Å². The second kappa shape index (κ2) is 5.45. The summed E-state index contributed by atoms with van der Waals surface area (Å²) in [7, 11) is 1.89. The largest absolute Gasteiger partial charge is 0.466 e. The molecule has 2 aliphatic rings. The number of amides is 2. The summed E-state index contributed by atoms with van der Waals surface area (Å²) in [5.74, 6) is 1.67. The predicted molar refractivity (Wildman–Crippen MR) is 82.7 cm³/mol. The van der Waals surface area contributed by atoms with Crippen LogP contribution in [0.5, 0.6) is 0 Å². The number of hydrogen-bond donors (Lipinski definition) is 0. The van der Waals surface area contributed by atoms with Crippen LogP contribution < -0.4 is 0 Å². The van der Waals surface area contributed by atoms with Crippen molar-refractivity contribution in [3.05, 3.63) is 23.2 Å². The molecule has 3 heterocycles. The van der Waals surface area contributed by atoms with Gasteiger partial charge in [0.2, 0.25) is 5.91 Å². The monoisotopic (exact) mass is 304 g/mol. The van der Waals surface area contributed by atoms with Crippen LogP contribution in [0.25, 0.3) is 0 Å². The summed E-state index contributed by atoms with van der Waals surface area (Å²) in [5.41, 5.74) is 0.481. The molecule has 1 aromatic rings. The molecular weight excluding hydrogens is 280 g/mol. The van der Waals surface area contributed by atoms with Crippen LogP contribution in [0.1, 0.15) is 54.0 Å². The Hall–Kier alpha value is -1.78. The lowest BCUT2D eigenvalue weighted by atomic mass is 9.80. The van der Waals surface area contributed by atoms with Crippen molar-refractivity contribution in [2.75, 3.05) is 20.1 Å². The summed E-state index contributed by atoms with van der Waals surface area (Å²) in [6, 6.07) is 1.81. The van der Waals surface area contributed by atoms with Gasteiger partial charge in [-0.2, -0.15) is 0 Å². The molecule has 2 amide bonds. The van der Waals surface area contributed by atoms with Crippen LogP contribution in [-0.4, -0.2) is 47.3 Å². The molecule has 2 fully saturated rings. The van der Waals surface area contributed by atoms with Crippen LogP contribution in [0.2, 0.25) is 0 Å². The molecule has 1 spiro atoms. The van der Waals surface area contributed by atoms with Crippen molar-refractivity contribution >= 4 is 11.8 Å². The van der Waals surface area contributed by atoms with Crippen LogP contribution in [0.3, 0.4) is 0 Å². The summed E-state index contributed by atoms with van der Waals surface area (Å²) in [5, 5.41) is 0. The molecule has 120 valence electrons. The van der Waals surface area contributed by atoms with E-state index in [0.717, 1.165) is 38.0 Å². The van der Waals surface area contributed by atoms with Gasteiger partial charge in [0, 0.05) is 26.6 Å². The first-order chi connectivity index (χ1) is 10.4. The highest BCUT2D eigenvalue weighted by atomic mass is 16.3. The standard InChI is InChI=1S/C17H24N2O3/c1-12-10-14(13(2)22-12)16(21)19-9-5-8-17(11-19)7-4-6-15(20)18(17)3/h10H,4-9,11H2,1-3H3/t17-/m1/s1. The van der Waals surface area contributed by atoms with Gasteiger partial charge in [-0.25, -0.2) is 0 Å². The van der Waals surface area contributed by atoms with Gasteiger partial charge in [-0.15, -0.1) is 0 Å². The maximum absolute atomic E-state index is 12.8. The summed E-state index contributed by atoms with van der Waals surface area (Å²) in [6.45, 7) is 5.08. The van der Waals surface area contributed by atoms with Crippen LogP contribution in [0, 0.1) is 13.8 Å². The number of likely N-dealkylation sites (tertiary alicyclic amines) is 2. The van der Waals surface area contributed by atoms with Crippen molar-refractivity contribution in [3.8, 4) is 0 Å². The first-order valence-electron chi connectivity index (χ1n) is 8.06. The summed E-state index contributed by atoms with van der Waals surface area (Å²) in [6.07, 6.45) is 4.48. The number of nitrogens with zero attached hydrogens (tertiary/aromatic N) is 2. The first kappa shape index (κ1) is 15.1. The zero-order valence-corrected chi connectivity index (χ0v) is 13.6. The highest BCUT2D eigenvalue weighted by Gasteiger charge is 2.44. The quantitative estimate of drug-likeness (QED) is 0.801. The topological polar surface area (TPSA) is 53.8 Å². The molecular formula is C17H24N2O3. The van der Waals surface area contributed by atoms with Gasteiger partial charge in [0.15, 0.2) is 0 Å². The maximum Gasteiger partial charge on any atom is 0.257 e. The average molecular weight is 304 g/mol. The number of furan rings is 1. The molecule has 0 unspecified atom stereocenters. The van der Waals surface area contributed by atoms with Gasteiger partial charge in [0.05, 0.1) is 11.1 Å². The van der Waals surface area contributed by atoms with Crippen LogP contribution in [0.15, 0.2) is 10.5 Å². The van der Waals surface area contributed by atoms with E-state index >= 15 is 0 Å². The molecule has 22 heavy (non-hydrogen) atoms. The highest BCUT2D eigenvalue weighted by molar-refractivity contribution is 5.95. The van der Waals surface area contributed by atoms with E-state index in [2.05, 4.69) is 0 Å². The Balaban J connectivity index is 1.82. The average Bonchev–Trinajstić information content (AvgIpc) is 2.83. The molecule has 0 bridgehead atoms. The molecule has 1 aromatic heterocycles. The zero-order valence-electron chi connectivity index (χ0n) is 13.6. The summed E-state index contributed by atoms with van der Waals surface area (Å²) >= 11 is 0. The van der Waals surface area contributed by atoms with E-state index in [4.69, 9.17) is 4.42 Å². The van der Waals surface area contributed by atoms with Crippen molar-refractivity contribution in [3.63, 3.8) is 0 Å². The van der Waals surface area contributed by atoms with Crippen LogP contribution in [-0.2, 0) is 4.79 Å². The van der Waals surface area contributed by atoms with E-state index in [0.29, 0.717) is 24.3 Å². The number of hydrogen-bond acceptors (Lipinski definition) is 3. The van der Waals surface area contributed by atoms with Gasteiger partial charge in [-0.05, 0) is 45.6 Å². The Morgan fingerprint density at radius 2 is 2.00 bits per heavy atom. The molecule has 5 nitrogen and oxygen atoms in total. The molecule has 3 rings (SSSR count). The Morgan fingerprint density at radius 1 is 1.27 bits per heavy atom. The van der Waals surface area contributed by atoms with E-state index < -0.39 is 0 Å². The number of rotatable bonds is 1. The van der Waals surface area contributed by atoms with E-state index in [-0.39, 0.29) is 17.4 Å². The molecule has 0 radical (unpaired) electrons. The van der Waals surface area contributed by atoms with Gasteiger partial charge in [-0.3, -0.25) is 9.59 Å². The minimum atomic E-state index is -0.171. The molecule has 2 saturated heterocycles. The van der Waals surface area contributed by atoms with E-state index in [9.17, 15) is 9.59 Å². The number of carbonyl (C=O) groups excluding carboxylic acids is 2. The van der Waals surface area contributed by atoms with Crippen molar-refractivity contribution in [2.24, 2.45) is 0 Å². The predicted octanol–water partition coefficient (Wildman–Crippen LogP) is 2.51. The van der Waals surface area contributed by atoms with Crippen molar-refractivity contribution < 1.29 is 14.0 Å². The van der Waals surface area contributed by atoms with E-state index in [1.165, 1.54) is 0 Å². The summed E-state index contributed by atoms with van der Waals surface area (Å²) < 4.78 is 5.49. The minimum Gasteiger partial charge on any atom is -0.466 e. The normalized spacial score (nSPS) is 25.9. The van der Waals surface area contributed by atoms with Gasteiger partial charge in [0.1, 0.15) is 11.5 Å². The lowest BCUT2D eigenvalue weighted by Crippen LogP contribution is -2.61. The fraction of sp³-hybridized carbons (Fsp3) is 0.647. The van der Waals surface area contributed by atoms with E-state index in [1.807, 2.05) is 36.8 Å². The second-order valence-corrected chi connectivity index (χ2v) is 6.69. The van der Waals surface area contributed by atoms with Crippen LogP contribution in [0.4, 0.5) is 0 Å². The van der Waals surface area contributed by atoms with E-state index in [1.54, 1.807) is 0 Å². The smallest absolute Gasteiger partial charge is 0.257 e. The summed E-state index contributed by atoms with van der Waals surface area (Å²) in [4.78, 5) is 28.7. The van der Waals surface area contributed by atoms with Crippen LogP contribution >= 0.6 is 0 Å². The second-order valence-electron chi connectivity index (χ2n) is 6.69. The third-order valence-electron chi connectivity index (χ3n) is 5.23. The molecule has 1 atom stereocenters. The zero-order chi connectivity index (χ0) is 15.9. The molecule has 0 aromatic carbocycles. The molecule has 2 aliphatic heterocycles. The third-order valence-corrected chi connectivity index (χ3v) is 5.23. The van der Waals surface area contributed by atoms with Crippen molar-refractivity contribution in [2.45, 2.75) is 51.5 Å². The molecule has 0 saturated carbocycles. The fourth-order valence-corrected chi connectivity index (χ4v) is 3.95. The Bertz CT molecular complexity index is 603. The van der Waals surface area contributed by atoms with Crippen molar-refractivity contribution in [1.29, 1.82) is 0 Å². The molecule has 0 N–H and O–H groups in total. The first-order valence-corrected chi connectivity index (χ1v) is 8.06. The Morgan fingerprint density at radius 3 is 2.68 bits per heavy atom. The highest BCUT2D eigenvalue weighted by Crippen LogP contribution is 2.36. The molecule has 0 aliphatic carbocycles. The third kappa shape index (κ3) is 2.42. The number of carbonyl (C=O) groups is 2.